The van der Waals surface area contributed by atoms with E-state index in [1.165, 1.54) is 0 Å². The molecule has 0 aliphatic carbocycles. The van der Waals surface area contributed by atoms with Crippen molar-refractivity contribution >= 4 is 15.7 Å². The second kappa shape index (κ2) is 5.02. The summed E-state index contributed by atoms with van der Waals surface area (Å²) in [4.78, 5) is 0.0688. The van der Waals surface area contributed by atoms with Crippen LogP contribution in [0.2, 0.25) is 0 Å². The number of nitrogens with two attached hydrogens (primary N) is 1. The molecule has 0 saturated carbocycles. The summed E-state index contributed by atoms with van der Waals surface area (Å²) in [6.07, 6.45) is 0. The molecule has 0 spiro atoms. The number of benzene rings is 1. The first-order chi connectivity index (χ1) is 8.95. The normalized spacial score (nSPS) is 11.5. The third-order valence-corrected chi connectivity index (χ3v) is 4.33. The summed E-state index contributed by atoms with van der Waals surface area (Å²) in [7, 11) is -3.73. The van der Waals surface area contributed by atoms with Crippen LogP contribution in [0, 0.1) is 13.8 Å². The van der Waals surface area contributed by atoms with Crippen LogP contribution in [0.4, 0.5) is 5.69 Å². The van der Waals surface area contributed by atoms with Gasteiger partial charge in [-0.15, -0.1) is 0 Å². The lowest BCUT2D eigenvalue weighted by Gasteiger charge is -2.11. The molecule has 0 bridgehead atoms. The Morgan fingerprint density at radius 3 is 2.58 bits per heavy atom. The number of sulfonamides is 1. The molecule has 0 fully saturated rings. The highest BCUT2D eigenvalue weighted by Gasteiger charge is 2.24. The van der Waals surface area contributed by atoms with E-state index in [2.05, 4.69) is 9.88 Å². The Kier molecular flexibility index (Phi) is 3.59. The summed E-state index contributed by atoms with van der Waals surface area (Å²) in [5, 5.41) is 3.65. The summed E-state index contributed by atoms with van der Waals surface area (Å²) in [5.41, 5.74) is 7.09. The lowest BCUT2D eigenvalue weighted by molar-refractivity contribution is 0.390. The Morgan fingerprint density at radius 1 is 1.32 bits per heavy atom. The van der Waals surface area contributed by atoms with Crippen LogP contribution in [-0.4, -0.2) is 13.6 Å². The van der Waals surface area contributed by atoms with Crippen LogP contribution in [0.25, 0.3) is 0 Å². The highest BCUT2D eigenvalue weighted by molar-refractivity contribution is 7.92. The Bertz CT molecular complexity index is 672. The second-order valence-corrected chi connectivity index (χ2v) is 5.74. The largest absolute Gasteiger partial charge is 0.360 e. The molecule has 1 aromatic carbocycles. The lowest BCUT2D eigenvalue weighted by Crippen LogP contribution is -2.16. The SMILES string of the molecule is Cc1noc(C)c1S(=O)(=O)Nc1ccccc1CN. The first kappa shape index (κ1) is 13.6. The molecule has 102 valence electrons. The van der Waals surface area contributed by atoms with E-state index >= 15 is 0 Å². The van der Waals surface area contributed by atoms with Crippen LogP contribution in [0.15, 0.2) is 33.7 Å². The fourth-order valence-electron chi connectivity index (χ4n) is 1.85. The molecule has 0 aliphatic rings. The van der Waals surface area contributed by atoms with Crippen LogP contribution >= 0.6 is 0 Å². The highest BCUT2D eigenvalue weighted by atomic mass is 32.2. The van der Waals surface area contributed by atoms with Crippen molar-refractivity contribution < 1.29 is 12.9 Å². The Hall–Kier alpha value is -1.86. The number of rotatable bonds is 4. The Morgan fingerprint density at radius 2 is 2.00 bits per heavy atom. The monoisotopic (exact) mass is 281 g/mol. The number of hydrogen-bond acceptors (Lipinski definition) is 5. The number of para-hydroxylation sites is 1. The predicted octanol–water partition coefficient (Wildman–Crippen LogP) is 1.55. The molecule has 3 N–H and O–H groups in total. The minimum Gasteiger partial charge on any atom is -0.360 e. The average Bonchev–Trinajstić information content (AvgIpc) is 2.70. The molecule has 0 aliphatic heterocycles. The molecular formula is C12H15N3O3S. The van der Waals surface area contributed by atoms with Gasteiger partial charge in [-0.2, -0.15) is 0 Å². The van der Waals surface area contributed by atoms with E-state index in [0.717, 1.165) is 5.56 Å². The van der Waals surface area contributed by atoms with Crippen LogP contribution in [0.1, 0.15) is 17.0 Å². The van der Waals surface area contributed by atoms with E-state index in [4.69, 9.17) is 10.3 Å². The zero-order valence-electron chi connectivity index (χ0n) is 10.7. The van der Waals surface area contributed by atoms with E-state index in [0.29, 0.717) is 11.4 Å². The molecule has 0 radical (unpaired) electrons. The number of nitrogens with one attached hydrogen (secondary N) is 1. The van der Waals surface area contributed by atoms with Crippen molar-refractivity contribution in [2.45, 2.75) is 25.3 Å². The van der Waals surface area contributed by atoms with Crippen molar-refractivity contribution in [3.05, 3.63) is 41.3 Å². The standard InChI is InChI=1S/C12H15N3O3S/c1-8-12(9(2)18-14-8)19(16,17)15-11-6-4-3-5-10(11)7-13/h3-6,15H,7,13H2,1-2H3. The Labute approximate surface area is 111 Å². The van der Waals surface area contributed by atoms with E-state index in [-0.39, 0.29) is 17.2 Å². The van der Waals surface area contributed by atoms with Gasteiger partial charge in [-0.1, -0.05) is 23.4 Å². The molecular weight excluding hydrogens is 266 g/mol. The smallest absolute Gasteiger partial charge is 0.267 e. The molecule has 1 aromatic heterocycles. The van der Waals surface area contributed by atoms with Gasteiger partial charge >= 0.3 is 0 Å². The summed E-state index contributed by atoms with van der Waals surface area (Å²) in [6, 6.07) is 6.98. The predicted molar refractivity (Wildman–Crippen MR) is 71.1 cm³/mol. The van der Waals surface area contributed by atoms with Crippen LogP contribution in [-0.2, 0) is 16.6 Å². The van der Waals surface area contributed by atoms with Crippen LogP contribution in [0.3, 0.4) is 0 Å². The van der Waals surface area contributed by atoms with Gasteiger partial charge in [-0.25, -0.2) is 8.42 Å². The van der Waals surface area contributed by atoms with Crippen molar-refractivity contribution in [1.82, 2.24) is 5.16 Å². The van der Waals surface area contributed by atoms with Gasteiger partial charge in [0.15, 0.2) is 10.7 Å². The van der Waals surface area contributed by atoms with E-state index in [1.807, 2.05) is 0 Å². The summed E-state index contributed by atoms with van der Waals surface area (Å²) < 4.78 is 32.0. The maximum atomic E-state index is 12.3. The van der Waals surface area contributed by atoms with Crippen LogP contribution in [0.5, 0.6) is 0 Å². The second-order valence-electron chi connectivity index (χ2n) is 4.12. The molecule has 19 heavy (non-hydrogen) atoms. The fraction of sp³-hybridized carbons (Fsp3) is 0.250. The molecule has 7 heteroatoms. The maximum absolute atomic E-state index is 12.3. The number of nitrogens with zero attached hydrogens (tertiary/aromatic N) is 1. The average molecular weight is 281 g/mol. The van der Waals surface area contributed by atoms with Gasteiger partial charge in [0.1, 0.15) is 5.69 Å². The zero-order chi connectivity index (χ0) is 14.0. The summed E-state index contributed by atoms with van der Waals surface area (Å²) in [6.45, 7) is 3.39. The van der Waals surface area contributed by atoms with Gasteiger partial charge in [-0.05, 0) is 25.5 Å². The van der Waals surface area contributed by atoms with Gasteiger partial charge in [0.2, 0.25) is 0 Å². The van der Waals surface area contributed by atoms with E-state index in [9.17, 15) is 8.42 Å². The molecule has 0 unspecified atom stereocenters. The third-order valence-electron chi connectivity index (χ3n) is 2.72. The summed E-state index contributed by atoms with van der Waals surface area (Å²) >= 11 is 0. The first-order valence-electron chi connectivity index (χ1n) is 5.69. The zero-order valence-corrected chi connectivity index (χ0v) is 11.5. The first-order valence-corrected chi connectivity index (χ1v) is 7.17. The van der Waals surface area contributed by atoms with Crippen molar-refractivity contribution in [3.63, 3.8) is 0 Å². The number of aryl methyl sites for hydroxylation is 2. The van der Waals surface area contributed by atoms with E-state index < -0.39 is 10.0 Å². The Balaban J connectivity index is 2.43. The molecule has 1 heterocycles. The quantitative estimate of drug-likeness (QED) is 0.886. The van der Waals surface area contributed by atoms with Gasteiger partial charge in [0.25, 0.3) is 10.0 Å². The third kappa shape index (κ3) is 2.61. The number of aromatic nitrogens is 1. The van der Waals surface area contributed by atoms with E-state index in [1.54, 1.807) is 38.1 Å². The minimum atomic E-state index is -3.73. The maximum Gasteiger partial charge on any atom is 0.267 e. The number of hydrogen-bond donors (Lipinski definition) is 2. The lowest BCUT2D eigenvalue weighted by atomic mass is 10.2. The topological polar surface area (TPSA) is 98.2 Å². The van der Waals surface area contributed by atoms with Gasteiger partial charge in [0.05, 0.1) is 5.69 Å². The molecule has 6 nitrogen and oxygen atoms in total. The van der Waals surface area contributed by atoms with Gasteiger partial charge in [0, 0.05) is 6.54 Å². The van der Waals surface area contributed by atoms with Crippen molar-refractivity contribution in [2.75, 3.05) is 4.72 Å². The molecule has 2 rings (SSSR count). The summed E-state index contributed by atoms with van der Waals surface area (Å²) in [5.74, 6) is 0.259. The molecule has 2 aromatic rings. The van der Waals surface area contributed by atoms with Crippen molar-refractivity contribution in [3.8, 4) is 0 Å². The molecule has 0 atom stereocenters. The van der Waals surface area contributed by atoms with Crippen LogP contribution < -0.4 is 10.5 Å². The number of anilines is 1. The highest BCUT2D eigenvalue weighted by Crippen LogP contribution is 2.24. The van der Waals surface area contributed by atoms with Gasteiger partial charge in [-0.3, -0.25) is 4.72 Å². The van der Waals surface area contributed by atoms with Crippen molar-refractivity contribution in [1.29, 1.82) is 0 Å². The molecule has 0 amide bonds. The molecule has 0 saturated heterocycles. The van der Waals surface area contributed by atoms with Gasteiger partial charge < -0.3 is 10.3 Å². The van der Waals surface area contributed by atoms with Crippen molar-refractivity contribution in [2.24, 2.45) is 5.73 Å². The fourth-order valence-corrected chi connectivity index (χ4v) is 3.28. The minimum absolute atomic E-state index is 0.0688.